The Labute approximate surface area is 82.9 Å². The molecule has 0 aliphatic carbocycles. The van der Waals surface area contributed by atoms with Crippen LogP contribution in [0.1, 0.15) is 12.8 Å². The summed E-state index contributed by atoms with van der Waals surface area (Å²) in [5, 5.41) is 0. The van der Waals surface area contributed by atoms with E-state index in [0.717, 1.165) is 12.8 Å². The number of halogens is 1. The molecule has 3 nitrogen and oxygen atoms in total. The van der Waals surface area contributed by atoms with Crippen molar-refractivity contribution in [2.24, 2.45) is 0 Å². The molecule has 0 aliphatic heterocycles. The molecule has 0 unspecified atom stereocenters. The van der Waals surface area contributed by atoms with Gasteiger partial charge in [-0.2, -0.15) is 4.39 Å². The highest BCUT2D eigenvalue weighted by Gasteiger charge is 2.01. The lowest BCUT2D eigenvalue weighted by atomic mass is 10.3. The number of rotatable bonds is 6. The average molecular weight is 199 g/mol. The number of hydrogen-bond donors (Lipinski definition) is 0. The summed E-state index contributed by atoms with van der Waals surface area (Å²) in [7, 11) is 1.65. The Morgan fingerprint density at radius 1 is 1.36 bits per heavy atom. The van der Waals surface area contributed by atoms with Gasteiger partial charge in [-0.25, -0.2) is 4.98 Å². The molecule has 0 bridgehead atoms. The van der Waals surface area contributed by atoms with Crippen molar-refractivity contribution in [3.8, 4) is 5.75 Å². The first-order chi connectivity index (χ1) is 6.84. The fourth-order valence-electron chi connectivity index (χ4n) is 1.01. The lowest BCUT2D eigenvalue weighted by Crippen LogP contribution is -2.01. The van der Waals surface area contributed by atoms with Gasteiger partial charge in [0, 0.05) is 19.9 Å². The minimum absolute atomic E-state index is 0.213. The van der Waals surface area contributed by atoms with Gasteiger partial charge in [0.05, 0.1) is 6.61 Å². The van der Waals surface area contributed by atoms with Crippen molar-refractivity contribution in [1.29, 1.82) is 0 Å². The maximum Gasteiger partial charge on any atom is 0.255 e. The molecule has 1 aromatic rings. The van der Waals surface area contributed by atoms with E-state index in [1.165, 1.54) is 6.20 Å². The first-order valence-electron chi connectivity index (χ1n) is 4.57. The monoisotopic (exact) mass is 199 g/mol. The van der Waals surface area contributed by atoms with Gasteiger partial charge in [-0.15, -0.1) is 0 Å². The molecule has 0 amide bonds. The van der Waals surface area contributed by atoms with Crippen LogP contribution in [0.25, 0.3) is 0 Å². The van der Waals surface area contributed by atoms with Crippen LogP contribution in [0.4, 0.5) is 4.39 Å². The molecule has 0 atom stereocenters. The summed E-state index contributed by atoms with van der Waals surface area (Å²) in [6, 6.07) is 3.21. The lowest BCUT2D eigenvalue weighted by Gasteiger charge is -2.05. The van der Waals surface area contributed by atoms with Crippen LogP contribution in [0.15, 0.2) is 18.3 Å². The molecule has 0 aliphatic rings. The smallest absolute Gasteiger partial charge is 0.255 e. The van der Waals surface area contributed by atoms with Gasteiger partial charge in [-0.1, -0.05) is 0 Å². The molecule has 0 radical (unpaired) electrons. The van der Waals surface area contributed by atoms with Crippen molar-refractivity contribution in [1.82, 2.24) is 4.98 Å². The molecule has 1 heterocycles. The normalized spacial score (nSPS) is 10.1. The van der Waals surface area contributed by atoms with Crippen molar-refractivity contribution in [3.63, 3.8) is 0 Å². The van der Waals surface area contributed by atoms with Crippen LogP contribution in [0, 0.1) is 5.95 Å². The highest BCUT2D eigenvalue weighted by atomic mass is 19.1. The van der Waals surface area contributed by atoms with E-state index in [0.29, 0.717) is 13.2 Å². The van der Waals surface area contributed by atoms with Gasteiger partial charge in [-0.3, -0.25) is 0 Å². The molecule has 0 aromatic carbocycles. The Hall–Kier alpha value is -1.16. The molecule has 14 heavy (non-hydrogen) atoms. The standard InChI is InChI=1S/C10H14FNO2/c1-13-7-2-3-8-14-9-5-4-6-12-10(9)11/h4-6H,2-3,7-8H2,1H3. The molecule has 78 valence electrons. The molecule has 0 fully saturated rings. The van der Waals surface area contributed by atoms with Crippen LogP contribution in [0.3, 0.4) is 0 Å². The summed E-state index contributed by atoms with van der Waals surface area (Å²) in [6.45, 7) is 1.20. The first-order valence-corrected chi connectivity index (χ1v) is 4.57. The number of ether oxygens (including phenoxy) is 2. The van der Waals surface area contributed by atoms with Crippen molar-refractivity contribution < 1.29 is 13.9 Å². The summed E-state index contributed by atoms with van der Waals surface area (Å²) in [6.07, 6.45) is 3.16. The minimum Gasteiger partial charge on any atom is -0.489 e. The molecular weight excluding hydrogens is 185 g/mol. The predicted octanol–water partition coefficient (Wildman–Crippen LogP) is 2.03. The van der Waals surface area contributed by atoms with E-state index in [1.807, 2.05) is 0 Å². The van der Waals surface area contributed by atoms with Gasteiger partial charge in [0.25, 0.3) is 5.95 Å². The second-order valence-corrected chi connectivity index (χ2v) is 2.84. The van der Waals surface area contributed by atoms with E-state index < -0.39 is 5.95 Å². The third-order valence-corrected chi connectivity index (χ3v) is 1.73. The quantitative estimate of drug-likeness (QED) is 0.519. The number of nitrogens with zero attached hydrogens (tertiary/aromatic N) is 1. The Kier molecular flexibility index (Phi) is 4.93. The van der Waals surface area contributed by atoms with Crippen molar-refractivity contribution in [2.45, 2.75) is 12.8 Å². The van der Waals surface area contributed by atoms with Crippen molar-refractivity contribution in [3.05, 3.63) is 24.3 Å². The van der Waals surface area contributed by atoms with Crippen LogP contribution in [0.5, 0.6) is 5.75 Å². The highest BCUT2D eigenvalue weighted by molar-refractivity contribution is 5.17. The SMILES string of the molecule is COCCCCOc1cccnc1F. The van der Waals surface area contributed by atoms with Gasteiger partial charge < -0.3 is 9.47 Å². The number of hydrogen-bond acceptors (Lipinski definition) is 3. The third kappa shape index (κ3) is 3.70. The average Bonchev–Trinajstić information content (AvgIpc) is 2.20. The predicted molar refractivity (Wildman–Crippen MR) is 50.8 cm³/mol. The second-order valence-electron chi connectivity index (χ2n) is 2.84. The number of pyridine rings is 1. The van der Waals surface area contributed by atoms with E-state index in [-0.39, 0.29) is 5.75 Å². The third-order valence-electron chi connectivity index (χ3n) is 1.73. The molecular formula is C10H14FNO2. The highest BCUT2D eigenvalue weighted by Crippen LogP contribution is 2.12. The fourth-order valence-corrected chi connectivity index (χ4v) is 1.01. The molecule has 0 spiro atoms. The van der Waals surface area contributed by atoms with E-state index in [2.05, 4.69) is 4.98 Å². The molecule has 0 N–H and O–H groups in total. The summed E-state index contributed by atoms with van der Waals surface area (Å²) in [5.74, 6) is -0.343. The summed E-state index contributed by atoms with van der Waals surface area (Å²) in [4.78, 5) is 3.48. The molecule has 1 rings (SSSR count). The zero-order chi connectivity index (χ0) is 10.2. The summed E-state index contributed by atoms with van der Waals surface area (Å²) in [5.41, 5.74) is 0. The maximum absolute atomic E-state index is 12.9. The van der Waals surface area contributed by atoms with E-state index in [4.69, 9.17) is 9.47 Å². The number of methoxy groups -OCH3 is 1. The van der Waals surface area contributed by atoms with E-state index in [9.17, 15) is 4.39 Å². The van der Waals surface area contributed by atoms with Crippen molar-refractivity contribution >= 4 is 0 Å². The van der Waals surface area contributed by atoms with Gasteiger partial charge in [-0.05, 0) is 25.0 Å². The minimum atomic E-state index is -0.556. The van der Waals surface area contributed by atoms with Gasteiger partial charge in [0.2, 0.25) is 0 Å². The fraction of sp³-hybridized carbons (Fsp3) is 0.500. The second kappa shape index (κ2) is 6.32. The van der Waals surface area contributed by atoms with Gasteiger partial charge in [0.15, 0.2) is 5.75 Å². The molecule has 0 saturated carbocycles. The Bertz CT molecular complexity index is 268. The molecule has 4 heteroatoms. The zero-order valence-electron chi connectivity index (χ0n) is 8.20. The van der Waals surface area contributed by atoms with Crippen LogP contribution >= 0.6 is 0 Å². The first kappa shape index (κ1) is 10.9. The van der Waals surface area contributed by atoms with Crippen LogP contribution < -0.4 is 4.74 Å². The van der Waals surface area contributed by atoms with E-state index >= 15 is 0 Å². The molecule has 0 saturated heterocycles. The Morgan fingerprint density at radius 2 is 2.14 bits per heavy atom. The van der Waals surface area contributed by atoms with Crippen LogP contribution in [-0.4, -0.2) is 25.3 Å². The maximum atomic E-state index is 12.9. The number of aromatic nitrogens is 1. The van der Waals surface area contributed by atoms with Crippen LogP contribution in [0.2, 0.25) is 0 Å². The topological polar surface area (TPSA) is 31.4 Å². The van der Waals surface area contributed by atoms with Crippen molar-refractivity contribution in [2.75, 3.05) is 20.3 Å². The summed E-state index contributed by atoms with van der Waals surface area (Å²) < 4.78 is 23.0. The Balaban J connectivity index is 2.21. The van der Waals surface area contributed by atoms with E-state index in [1.54, 1.807) is 19.2 Å². The summed E-state index contributed by atoms with van der Waals surface area (Å²) >= 11 is 0. The number of unbranched alkanes of at least 4 members (excludes halogenated alkanes) is 1. The molecule has 1 aromatic heterocycles. The van der Waals surface area contributed by atoms with Gasteiger partial charge >= 0.3 is 0 Å². The van der Waals surface area contributed by atoms with Gasteiger partial charge in [0.1, 0.15) is 0 Å². The lowest BCUT2D eigenvalue weighted by molar-refractivity contribution is 0.183. The largest absolute Gasteiger partial charge is 0.489 e. The van der Waals surface area contributed by atoms with Crippen LogP contribution in [-0.2, 0) is 4.74 Å². The zero-order valence-corrected chi connectivity index (χ0v) is 8.20. The Morgan fingerprint density at radius 3 is 2.86 bits per heavy atom.